The van der Waals surface area contributed by atoms with Gasteiger partial charge in [-0.25, -0.2) is 0 Å². The van der Waals surface area contributed by atoms with E-state index in [2.05, 4.69) is 31.3 Å². The van der Waals surface area contributed by atoms with Crippen LogP contribution < -0.4 is 5.32 Å². The van der Waals surface area contributed by atoms with Gasteiger partial charge in [0.25, 0.3) is 0 Å². The Kier molecular flexibility index (Phi) is 2.83. The smallest absolute Gasteiger partial charge is 0.120 e. The van der Waals surface area contributed by atoms with Crippen molar-refractivity contribution in [3.05, 3.63) is 36.3 Å². The van der Waals surface area contributed by atoms with E-state index in [1.165, 1.54) is 12.8 Å². The summed E-state index contributed by atoms with van der Waals surface area (Å²) >= 11 is 0. The molecule has 1 aromatic rings. The average Bonchev–Trinajstić information content (AvgIpc) is 3.05. The van der Waals surface area contributed by atoms with Gasteiger partial charge in [-0.1, -0.05) is 12.2 Å². The van der Waals surface area contributed by atoms with E-state index in [9.17, 15) is 0 Å². The van der Waals surface area contributed by atoms with Crippen LogP contribution in [0.1, 0.15) is 38.5 Å². The Morgan fingerprint density at radius 2 is 2.18 bits per heavy atom. The lowest BCUT2D eigenvalue weighted by Gasteiger charge is -2.28. The average molecular weight is 231 g/mol. The van der Waals surface area contributed by atoms with Crippen LogP contribution in [0.4, 0.5) is 0 Å². The van der Waals surface area contributed by atoms with Crippen LogP contribution in [0.2, 0.25) is 0 Å². The Morgan fingerprint density at radius 3 is 2.76 bits per heavy atom. The van der Waals surface area contributed by atoms with E-state index in [0.717, 1.165) is 23.5 Å². The van der Waals surface area contributed by atoms with Crippen LogP contribution in [0.15, 0.2) is 35.0 Å². The standard InChI is InChI=1S/C15H21NO/c1-10(14-9-12-5-6-13(14)8-12)16-11(2)15-4-3-7-17-15/h3-7,10-14,16H,8-9H2,1-2H3/t10?,11-,12?,13?,14?/m1/s1. The fourth-order valence-electron chi connectivity index (χ4n) is 3.54. The predicted molar refractivity (Wildman–Crippen MR) is 68.6 cm³/mol. The van der Waals surface area contributed by atoms with E-state index in [0.29, 0.717) is 12.1 Å². The minimum atomic E-state index is 0.308. The highest BCUT2D eigenvalue weighted by Crippen LogP contribution is 2.45. The summed E-state index contributed by atoms with van der Waals surface area (Å²) in [6.07, 6.45) is 9.32. The zero-order valence-corrected chi connectivity index (χ0v) is 10.6. The van der Waals surface area contributed by atoms with Gasteiger partial charge in [0.15, 0.2) is 0 Å². The summed E-state index contributed by atoms with van der Waals surface area (Å²) in [6.45, 7) is 4.50. The molecule has 2 nitrogen and oxygen atoms in total. The quantitative estimate of drug-likeness (QED) is 0.802. The molecule has 0 radical (unpaired) electrons. The summed E-state index contributed by atoms with van der Waals surface area (Å²) in [5.41, 5.74) is 0. The van der Waals surface area contributed by atoms with Gasteiger partial charge in [0.2, 0.25) is 0 Å². The highest BCUT2D eigenvalue weighted by atomic mass is 16.3. The van der Waals surface area contributed by atoms with Gasteiger partial charge in [-0.3, -0.25) is 0 Å². The molecule has 0 aliphatic heterocycles. The third kappa shape index (κ3) is 2.06. The highest BCUT2D eigenvalue weighted by molar-refractivity contribution is 5.12. The van der Waals surface area contributed by atoms with Crippen molar-refractivity contribution < 1.29 is 4.42 Å². The first-order valence-electron chi connectivity index (χ1n) is 6.72. The second-order valence-corrected chi connectivity index (χ2v) is 5.64. The molecular formula is C15H21NO. The van der Waals surface area contributed by atoms with Crippen LogP contribution >= 0.6 is 0 Å². The molecule has 0 amide bonds. The number of hydrogen-bond acceptors (Lipinski definition) is 2. The van der Waals surface area contributed by atoms with Crippen molar-refractivity contribution in [2.24, 2.45) is 17.8 Å². The monoisotopic (exact) mass is 231 g/mol. The molecule has 1 fully saturated rings. The zero-order chi connectivity index (χ0) is 11.8. The van der Waals surface area contributed by atoms with Gasteiger partial charge < -0.3 is 9.73 Å². The van der Waals surface area contributed by atoms with E-state index < -0.39 is 0 Å². The molecule has 2 aliphatic rings. The van der Waals surface area contributed by atoms with Crippen LogP contribution in [-0.2, 0) is 0 Å². The lowest BCUT2D eigenvalue weighted by molar-refractivity contribution is 0.292. The van der Waals surface area contributed by atoms with Gasteiger partial charge in [-0.2, -0.15) is 0 Å². The molecular weight excluding hydrogens is 210 g/mol. The fourth-order valence-corrected chi connectivity index (χ4v) is 3.54. The number of rotatable bonds is 4. The summed E-state index contributed by atoms with van der Waals surface area (Å²) in [4.78, 5) is 0. The molecule has 4 unspecified atom stereocenters. The zero-order valence-electron chi connectivity index (χ0n) is 10.6. The third-order valence-corrected chi connectivity index (χ3v) is 4.46. The number of hydrogen-bond donors (Lipinski definition) is 1. The Bertz CT molecular complexity index is 395. The fraction of sp³-hybridized carbons (Fsp3) is 0.600. The molecule has 0 aromatic carbocycles. The minimum absolute atomic E-state index is 0.308. The first-order valence-corrected chi connectivity index (χ1v) is 6.72. The van der Waals surface area contributed by atoms with Crippen LogP contribution in [0.25, 0.3) is 0 Å². The first-order chi connectivity index (χ1) is 8.24. The topological polar surface area (TPSA) is 25.2 Å². The number of nitrogens with one attached hydrogen (secondary N) is 1. The van der Waals surface area contributed by atoms with Gasteiger partial charge >= 0.3 is 0 Å². The Balaban J connectivity index is 1.60. The molecule has 1 aromatic heterocycles. The highest BCUT2D eigenvalue weighted by Gasteiger charge is 2.38. The summed E-state index contributed by atoms with van der Waals surface area (Å²) in [6, 6.07) is 4.88. The van der Waals surface area contributed by atoms with Crippen molar-refractivity contribution >= 4 is 0 Å². The molecule has 1 heterocycles. The molecule has 2 heteroatoms. The SMILES string of the molecule is CC(N[C@H](C)c1ccco1)C1CC2C=CC1C2. The van der Waals surface area contributed by atoms with Crippen LogP contribution in [0, 0.1) is 17.8 Å². The molecule has 92 valence electrons. The molecule has 5 atom stereocenters. The van der Waals surface area contributed by atoms with Gasteiger partial charge in [-0.15, -0.1) is 0 Å². The van der Waals surface area contributed by atoms with E-state index >= 15 is 0 Å². The van der Waals surface area contributed by atoms with Crippen molar-refractivity contribution in [2.45, 2.75) is 38.8 Å². The molecule has 3 rings (SSSR count). The van der Waals surface area contributed by atoms with Crippen molar-refractivity contribution in [3.63, 3.8) is 0 Å². The van der Waals surface area contributed by atoms with Crippen molar-refractivity contribution in [2.75, 3.05) is 0 Å². The summed E-state index contributed by atoms with van der Waals surface area (Å²) in [7, 11) is 0. The first kappa shape index (κ1) is 11.1. The van der Waals surface area contributed by atoms with E-state index in [1.807, 2.05) is 12.1 Å². The van der Waals surface area contributed by atoms with E-state index in [-0.39, 0.29) is 0 Å². The second kappa shape index (κ2) is 4.34. The van der Waals surface area contributed by atoms with Gasteiger partial charge in [-0.05, 0) is 56.6 Å². The Labute approximate surface area is 103 Å². The largest absolute Gasteiger partial charge is 0.468 e. The number of fused-ring (bicyclic) bond motifs is 2. The lowest BCUT2D eigenvalue weighted by atomic mass is 9.87. The molecule has 1 N–H and O–H groups in total. The summed E-state index contributed by atoms with van der Waals surface area (Å²) in [5.74, 6) is 3.51. The van der Waals surface area contributed by atoms with Crippen LogP contribution in [0.3, 0.4) is 0 Å². The molecule has 1 saturated carbocycles. The molecule has 2 bridgehead atoms. The van der Waals surface area contributed by atoms with Gasteiger partial charge in [0, 0.05) is 6.04 Å². The van der Waals surface area contributed by atoms with Crippen LogP contribution in [0.5, 0.6) is 0 Å². The Hall–Kier alpha value is -1.02. The normalized spacial score (nSPS) is 34.1. The van der Waals surface area contributed by atoms with E-state index in [4.69, 9.17) is 4.42 Å². The lowest BCUT2D eigenvalue weighted by Crippen LogP contribution is -2.37. The second-order valence-electron chi connectivity index (χ2n) is 5.64. The van der Waals surface area contributed by atoms with Crippen molar-refractivity contribution in [3.8, 4) is 0 Å². The molecule has 0 saturated heterocycles. The molecule has 17 heavy (non-hydrogen) atoms. The summed E-state index contributed by atoms with van der Waals surface area (Å²) < 4.78 is 5.44. The molecule has 0 spiro atoms. The maximum absolute atomic E-state index is 5.44. The van der Waals surface area contributed by atoms with Crippen molar-refractivity contribution in [1.29, 1.82) is 0 Å². The maximum Gasteiger partial charge on any atom is 0.120 e. The van der Waals surface area contributed by atoms with Crippen molar-refractivity contribution in [1.82, 2.24) is 5.32 Å². The summed E-state index contributed by atoms with van der Waals surface area (Å²) in [5, 5.41) is 3.68. The molecule has 2 aliphatic carbocycles. The number of furan rings is 1. The van der Waals surface area contributed by atoms with Crippen LogP contribution in [-0.4, -0.2) is 6.04 Å². The number of allylic oxidation sites excluding steroid dienone is 2. The van der Waals surface area contributed by atoms with Gasteiger partial charge in [0.1, 0.15) is 5.76 Å². The third-order valence-electron chi connectivity index (χ3n) is 4.46. The predicted octanol–water partition coefficient (Wildman–Crippen LogP) is 3.53. The Morgan fingerprint density at radius 1 is 1.29 bits per heavy atom. The minimum Gasteiger partial charge on any atom is -0.468 e. The van der Waals surface area contributed by atoms with E-state index in [1.54, 1.807) is 6.26 Å². The maximum atomic E-state index is 5.44. The van der Waals surface area contributed by atoms with Gasteiger partial charge in [0.05, 0.1) is 12.3 Å².